The van der Waals surface area contributed by atoms with Crippen LogP contribution in [0.3, 0.4) is 0 Å². The van der Waals surface area contributed by atoms with Gasteiger partial charge in [-0.25, -0.2) is 0 Å². The van der Waals surface area contributed by atoms with Crippen molar-refractivity contribution in [3.8, 4) is 22.9 Å². The molecule has 0 saturated heterocycles. The second kappa shape index (κ2) is 8.83. The normalized spacial score (nSPS) is 18.8. The molecule has 0 fully saturated rings. The lowest BCUT2D eigenvalue weighted by molar-refractivity contribution is 0.507. The van der Waals surface area contributed by atoms with Crippen molar-refractivity contribution >= 4 is 11.4 Å². The van der Waals surface area contributed by atoms with Crippen molar-refractivity contribution < 1.29 is 4.42 Å². The maximum absolute atomic E-state index is 6.09. The Morgan fingerprint density at radius 2 is 1.45 bits per heavy atom. The van der Waals surface area contributed by atoms with Gasteiger partial charge in [0.25, 0.3) is 0 Å². The van der Waals surface area contributed by atoms with Gasteiger partial charge in [-0.1, -0.05) is 96.2 Å². The monoisotopic (exact) mass is 501 g/mol. The Bertz CT molecular complexity index is 1550. The van der Waals surface area contributed by atoms with Gasteiger partial charge in [0.1, 0.15) is 0 Å². The molecule has 0 saturated carbocycles. The molecule has 4 heteroatoms. The fourth-order valence-electron chi connectivity index (χ4n) is 5.50. The summed E-state index contributed by atoms with van der Waals surface area (Å²) in [6, 6.07) is 25.6. The summed E-state index contributed by atoms with van der Waals surface area (Å²) in [6.07, 6.45) is 7.19. The summed E-state index contributed by atoms with van der Waals surface area (Å²) in [5, 5.41) is 8.68. The molecule has 4 nitrogen and oxygen atoms in total. The van der Waals surface area contributed by atoms with Crippen molar-refractivity contribution in [3.05, 3.63) is 108 Å². The van der Waals surface area contributed by atoms with E-state index in [1.54, 1.807) is 0 Å². The number of hydrogen-bond donors (Lipinski definition) is 0. The van der Waals surface area contributed by atoms with Crippen molar-refractivity contribution in [1.29, 1.82) is 0 Å². The van der Waals surface area contributed by atoms with Gasteiger partial charge in [-0.15, -0.1) is 10.2 Å². The lowest BCUT2D eigenvalue weighted by Gasteiger charge is -2.32. The first-order valence-corrected chi connectivity index (χ1v) is 13.4. The van der Waals surface area contributed by atoms with Gasteiger partial charge in [-0.2, -0.15) is 0 Å². The largest absolute Gasteiger partial charge is 0.416 e. The predicted octanol–water partition coefficient (Wildman–Crippen LogP) is 8.85. The van der Waals surface area contributed by atoms with E-state index in [1.807, 2.05) is 36.4 Å². The van der Waals surface area contributed by atoms with Gasteiger partial charge in [0, 0.05) is 28.4 Å². The number of benzene rings is 3. The molecule has 1 aromatic heterocycles. The Balaban J connectivity index is 1.43. The molecule has 2 aliphatic rings. The summed E-state index contributed by atoms with van der Waals surface area (Å²) in [7, 11) is 0. The highest BCUT2D eigenvalue weighted by Gasteiger charge is 2.40. The molecule has 0 bridgehead atoms. The minimum Gasteiger partial charge on any atom is -0.416 e. The number of aromatic nitrogens is 2. The third-order valence-electron chi connectivity index (χ3n) is 7.69. The van der Waals surface area contributed by atoms with E-state index in [0.29, 0.717) is 17.7 Å². The molecule has 0 spiro atoms. The van der Waals surface area contributed by atoms with Crippen LogP contribution in [0.4, 0.5) is 11.4 Å². The van der Waals surface area contributed by atoms with Crippen LogP contribution in [-0.2, 0) is 5.41 Å². The highest BCUT2D eigenvalue weighted by atomic mass is 16.4. The van der Waals surface area contributed by atoms with Crippen molar-refractivity contribution in [2.75, 3.05) is 4.90 Å². The van der Waals surface area contributed by atoms with E-state index in [-0.39, 0.29) is 16.9 Å². The summed E-state index contributed by atoms with van der Waals surface area (Å²) in [4.78, 5) is 2.47. The molecule has 38 heavy (non-hydrogen) atoms. The van der Waals surface area contributed by atoms with E-state index < -0.39 is 0 Å². The maximum atomic E-state index is 6.09. The van der Waals surface area contributed by atoms with Gasteiger partial charge in [0.15, 0.2) is 0 Å². The van der Waals surface area contributed by atoms with Crippen LogP contribution in [0, 0.1) is 5.41 Å². The van der Waals surface area contributed by atoms with Crippen LogP contribution in [0.2, 0.25) is 0 Å². The quantitative estimate of drug-likeness (QED) is 0.281. The highest BCUT2D eigenvalue weighted by Crippen LogP contribution is 2.51. The topological polar surface area (TPSA) is 42.2 Å². The second-order valence-corrected chi connectivity index (χ2v) is 12.5. The van der Waals surface area contributed by atoms with Crippen LogP contribution >= 0.6 is 0 Å². The van der Waals surface area contributed by atoms with E-state index in [9.17, 15) is 0 Å². The molecule has 1 aliphatic heterocycles. The minimum absolute atomic E-state index is 0.0906. The number of rotatable bonds is 3. The van der Waals surface area contributed by atoms with E-state index in [0.717, 1.165) is 16.8 Å². The lowest BCUT2D eigenvalue weighted by atomic mass is 9.77. The highest BCUT2D eigenvalue weighted by molar-refractivity contribution is 5.78. The molecular weight excluding hydrogens is 466 g/mol. The Labute approximate surface area is 225 Å². The van der Waals surface area contributed by atoms with Gasteiger partial charge in [-0.3, -0.25) is 0 Å². The van der Waals surface area contributed by atoms with Crippen LogP contribution in [0.25, 0.3) is 22.9 Å². The molecule has 2 heterocycles. The molecule has 3 aromatic carbocycles. The van der Waals surface area contributed by atoms with Crippen molar-refractivity contribution in [2.24, 2.45) is 5.41 Å². The van der Waals surface area contributed by atoms with E-state index in [2.05, 4.69) is 111 Å². The maximum Gasteiger partial charge on any atom is 0.248 e. The van der Waals surface area contributed by atoms with Crippen molar-refractivity contribution in [1.82, 2.24) is 10.2 Å². The van der Waals surface area contributed by atoms with Gasteiger partial charge in [0.05, 0.1) is 6.04 Å². The van der Waals surface area contributed by atoms with Crippen molar-refractivity contribution in [2.45, 2.75) is 58.9 Å². The number of anilines is 2. The van der Waals surface area contributed by atoms with Gasteiger partial charge in [-0.05, 0) is 63.9 Å². The van der Waals surface area contributed by atoms with E-state index in [1.165, 1.54) is 22.4 Å². The van der Waals surface area contributed by atoms with Crippen LogP contribution in [-0.4, -0.2) is 16.2 Å². The molecule has 2 unspecified atom stereocenters. The van der Waals surface area contributed by atoms with Gasteiger partial charge in [0.2, 0.25) is 11.8 Å². The zero-order valence-corrected chi connectivity index (χ0v) is 23.1. The van der Waals surface area contributed by atoms with Crippen LogP contribution in [0.15, 0.2) is 101 Å². The summed E-state index contributed by atoms with van der Waals surface area (Å²) in [5.41, 5.74) is 8.56. The summed E-state index contributed by atoms with van der Waals surface area (Å²) >= 11 is 0. The molecule has 1 aliphatic carbocycles. The molecule has 2 atom stereocenters. The second-order valence-electron chi connectivity index (χ2n) is 12.5. The SMILES string of the molecule is CC(C)(C)C1=CC2c3cc(C(C)(C)C)ccc3N(c3cccc(-c4nnc(-c5ccccc5)o4)c3)C2C=C1. The summed E-state index contributed by atoms with van der Waals surface area (Å²) < 4.78 is 6.09. The molecule has 0 radical (unpaired) electrons. The Morgan fingerprint density at radius 3 is 2.16 bits per heavy atom. The summed E-state index contributed by atoms with van der Waals surface area (Å²) in [6.45, 7) is 13.7. The third kappa shape index (κ3) is 4.28. The van der Waals surface area contributed by atoms with Crippen LogP contribution < -0.4 is 4.90 Å². The van der Waals surface area contributed by atoms with E-state index >= 15 is 0 Å². The predicted molar refractivity (Wildman–Crippen MR) is 156 cm³/mol. The number of hydrogen-bond acceptors (Lipinski definition) is 4. The van der Waals surface area contributed by atoms with Crippen LogP contribution in [0.5, 0.6) is 0 Å². The first-order chi connectivity index (χ1) is 18.1. The molecule has 4 aromatic rings. The number of fused-ring (bicyclic) bond motifs is 3. The van der Waals surface area contributed by atoms with Gasteiger partial charge < -0.3 is 9.32 Å². The average Bonchev–Trinajstić information content (AvgIpc) is 3.51. The van der Waals surface area contributed by atoms with E-state index in [4.69, 9.17) is 4.42 Å². The molecule has 6 rings (SSSR count). The minimum atomic E-state index is 0.0906. The Kier molecular flexibility index (Phi) is 5.68. The fraction of sp³-hybridized carbons (Fsp3) is 0.294. The number of nitrogens with zero attached hydrogens (tertiary/aromatic N) is 3. The zero-order chi connectivity index (χ0) is 26.7. The fourth-order valence-corrected chi connectivity index (χ4v) is 5.50. The molecule has 0 amide bonds. The van der Waals surface area contributed by atoms with Crippen LogP contribution in [0.1, 0.15) is 58.6 Å². The standard InChI is InChI=1S/C34H35N3O/c1-33(2,3)24-15-17-29-27(20-24)28-21-25(34(4,5)6)16-18-30(28)37(29)26-14-10-13-23(19-26)32-36-35-31(38-32)22-11-8-7-9-12-22/h7-21,27,29H,1-6H3. The Morgan fingerprint density at radius 1 is 0.737 bits per heavy atom. The first kappa shape index (κ1) is 24.4. The van der Waals surface area contributed by atoms with Crippen molar-refractivity contribution in [3.63, 3.8) is 0 Å². The zero-order valence-electron chi connectivity index (χ0n) is 23.1. The molecular formula is C34H35N3O. The molecule has 192 valence electrons. The third-order valence-corrected chi connectivity index (χ3v) is 7.69. The lowest BCUT2D eigenvalue weighted by Crippen LogP contribution is -2.30. The smallest absolute Gasteiger partial charge is 0.248 e. The molecule has 0 N–H and O–H groups in total. The number of allylic oxidation sites excluding steroid dienone is 2. The van der Waals surface area contributed by atoms with Gasteiger partial charge >= 0.3 is 0 Å². The summed E-state index contributed by atoms with van der Waals surface area (Å²) in [5.74, 6) is 1.35. The average molecular weight is 502 g/mol. The Hall–Kier alpha value is -3.92. The first-order valence-electron chi connectivity index (χ1n) is 13.4.